The van der Waals surface area contributed by atoms with Crippen molar-refractivity contribution in [2.75, 3.05) is 32.8 Å². The number of hydrogen-bond acceptors (Lipinski definition) is 5. The fourth-order valence-electron chi connectivity index (χ4n) is 4.35. The van der Waals surface area contributed by atoms with E-state index in [0.29, 0.717) is 19.6 Å². The molecule has 5 heteroatoms. The number of carbonyl (C=O) groups excluding carboxylic acids is 1. The molecular weight excluding hydrogens is 402 g/mol. The second kappa shape index (κ2) is 12.7. The van der Waals surface area contributed by atoms with Crippen molar-refractivity contribution in [2.24, 2.45) is 0 Å². The van der Waals surface area contributed by atoms with Gasteiger partial charge in [-0.2, -0.15) is 0 Å². The summed E-state index contributed by atoms with van der Waals surface area (Å²) in [6.45, 7) is 4.05. The zero-order chi connectivity index (χ0) is 21.3. The molecule has 2 aromatic rings. The average Bonchev–Trinajstić information content (AvgIpc) is 2.84. The number of esters is 1. The maximum atomic E-state index is 12.2. The number of likely N-dealkylation sites (tertiary alicyclic amines) is 1. The molecule has 0 amide bonds. The van der Waals surface area contributed by atoms with Gasteiger partial charge >= 0.3 is 5.97 Å². The Kier molecular flexibility index (Phi) is 9.72. The number of piperidine rings is 1. The maximum absolute atomic E-state index is 12.2. The third kappa shape index (κ3) is 7.16. The van der Waals surface area contributed by atoms with Gasteiger partial charge in [0.15, 0.2) is 0 Å². The third-order valence-electron chi connectivity index (χ3n) is 6.17. The summed E-state index contributed by atoms with van der Waals surface area (Å²) in [4.78, 5) is 14.5. The normalized spacial score (nSPS) is 18.3. The zero-order valence-electron chi connectivity index (χ0n) is 18.2. The number of carbonyl (C=O) groups is 1. The van der Waals surface area contributed by atoms with Gasteiger partial charge in [0.25, 0.3) is 0 Å². The predicted molar refractivity (Wildman–Crippen MR) is 127 cm³/mol. The van der Waals surface area contributed by atoms with E-state index in [4.69, 9.17) is 14.2 Å². The minimum Gasteiger partial charge on any atom is -0.462 e. The van der Waals surface area contributed by atoms with E-state index in [2.05, 4.69) is 53.4 Å². The summed E-state index contributed by atoms with van der Waals surface area (Å²) >= 11 is 0. The lowest BCUT2D eigenvalue weighted by Crippen LogP contribution is -2.39. The molecule has 0 unspecified atom stereocenters. The number of nitrogens with zero attached hydrogens (tertiary/aromatic N) is 1. The lowest BCUT2D eigenvalue weighted by molar-refractivity contribution is -0.153. The first-order valence-electron chi connectivity index (χ1n) is 11.5. The molecule has 0 radical (unpaired) electrons. The number of rotatable bonds is 8. The van der Waals surface area contributed by atoms with Crippen LogP contribution in [0.4, 0.5) is 0 Å². The van der Waals surface area contributed by atoms with E-state index in [0.717, 1.165) is 45.3 Å². The second-order valence-electron chi connectivity index (χ2n) is 8.43. The molecule has 0 N–H and O–H groups in total. The minimum atomic E-state index is -0.0847. The molecule has 0 aromatic heterocycles. The van der Waals surface area contributed by atoms with Crippen LogP contribution < -0.4 is 0 Å². The molecule has 2 aliphatic rings. The van der Waals surface area contributed by atoms with Crippen LogP contribution in [0.25, 0.3) is 0 Å². The molecule has 174 valence electrons. The van der Waals surface area contributed by atoms with E-state index >= 15 is 0 Å². The molecule has 2 aliphatic heterocycles. The van der Waals surface area contributed by atoms with Gasteiger partial charge in [-0.05, 0) is 24.0 Å². The minimum absolute atomic E-state index is 0. The van der Waals surface area contributed by atoms with Gasteiger partial charge in [-0.15, -0.1) is 0 Å². The Morgan fingerprint density at radius 3 is 2.00 bits per heavy atom. The molecule has 0 atom stereocenters. The van der Waals surface area contributed by atoms with E-state index in [9.17, 15) is 4.79 Å². The van der Waals surface area contributed by atoms with Crippen LogP contribution in [0.15, 0.2) is 60.7 Å². The van der Waals surface area contributed by atoms with Crippen LogP contribution in [0, 0.1) is 0 Å². The van der Waals surface area contributed by atoms with Crippen molar-refractivity contribution in [2.45, 2.75) is 57.8 Å². The average molecular weight is 440 g/mol. The Bertz CT molecular complexity index is 744. The predicted octanol–water partition coefficient (Wildman–Crippen LogP) is 5.01. The van der Waals surface area contributed by atoms with Crippen molar-refractivity contribution in [1.82, 2.24) is 4.90 Å². The first kappa shape index (κ1) is 24.4. The molecule has 2 heterocycles. The maximum Gasteiger partial charge on any atom is 0.307 e. The van der Waals surface area contributed by atoms with Crippen molar-refractivity contribution < 1.29 is 19.0 Å². The molecule has 5 nitrogen and oxygen atoms in total. The van der Waals surface area contributed by atoms with Crippen LogP contribution in [-0.2, 0) is 19.0 Å². The zero-order valence-corrected chi connectivity index (χ0v) is 18.2. The fraction of sp³-hybridized carbons (Fsp3) is 0.519. The lowest BCUT2D eigenvalue weighted by Gasteiger charge is -2.34. The second-order valence-corrected chi connectivity index (χ2v) is 8.43. The van der Waals surface area contributed by atoms with Gasteiger partial charge in [0.05, 0.1) is 25.7 Å². The Balaban J connectivity index is 0.00000289. The Labute approximate surface area is 192 Å². The number of benzene rings is 2. The summed E-state index contributed by atoms with van der Waals surface area (Å²) < 4.78 is 17.5. The SMILES string of the molecule is C.O=C(CCN1CCC(OC(c2ccccc2)c2ccccc2)CC1)OC1CCOCC1. The first-order chi connectivity index (χ1) is 15.3. The molecule has 0 saturated carbocycles. The largest absolute Gasteiger partial charge is 0.462 e. The van der Waals surface area contributed by atoms with Crippen LogP contribution >= 0.6 is 0 Å². The Hall–Kier alpha value is -2.21. The molecule has 2 aromatic carbocycles. The van der Waals surface area contributed by atoms with Gasteiger partial charge in [-0.3, -0.25) is 4.79 Å². The molecule has 0 aliphatic carbocycles. The van der Waals surface area contributed by atoms with Crippen molar-refractivity contribution >= 4 is 5.97 Å². The summed E-state index contributed by atoms with van der Waals surface area (Å²) in [6.07, 6.45) is 4.25. The standard InChI is InChI=1S/C26H33NO4.CH4/c28-25(30-24-14-19-29-20-15-24)13-18-27-16-11-23(12-17-27)31-26(21-7-3-1-4-8-21)22-9-5-2-6-10-22;/h1-10,23-24,26H,11-20H2;1H4. The van der Waals surface area contributed by atoms with Gasteiger partial charge in [0.2, 0.25) is 0 Å². The van der Waals surface area contributed by atoms with Gasteiger partial charge in [0, 0.05) is 32.5 Å². The van der Waals surface area contributed by atoms with E-state index in [1.165, 1.54) is 11.1 Å². The highest BCUT2D eigenvalue weighted by molar-refractivity contribution is 5.69. The van der Waals surface area contributed by atoms with Crippen LogP contribution in [0.5, 0.6) is 0 Å². The van der Waals surface area contributed by atoms with Gasteiger partial charge in [-0.25, -0.2) is 0 Å². The molecule has 0 bridgehead atoms. The van der Waals surface area contributed by atoms with Crippen LogP contribution in [-0.4, -0.2) is 55.9 Å². The third-order valence-corrected chi connectivity index (χ3v) is 6.17. The highest BCUT2D eigenvalue weighted by Gasteiger charge is 2.25. The smallest absolute Gasteiger partial charge is 0.307 e. The van der Waals surface area contributed by atoms with Crippen molar-refractivity contribution in [3.63, 3.8) is 0 Å². The van der Waals surface area contributed by atoms with Crippen molar-refractivity contribution in [1.29, 1.82) is 0 Å². The molecular formula is C27H37NO4. The van der Waals surface area contributed by atoms with Crippen LogP contribution in [0.2, 0.25) is 0 Å². The van der Waals surface area contributed by atoms with Gasteiger partial charge in [-0.1, -0.05) is 68.1 Å². The van der Waals surface area contributed by atoms with E-state index in [-0.39, 0.29) is 31.7 Å². The summed E-state index contributed by atoms with van der Waals surface area (Å²) in [5.41, 5.74) is 2.37. The summed E-state index contributed by atoms with van der Waals surface area (Å²) in [7, 11) is 0. The lowest BCUT2D eigenvalue weighted by atomic mass is 10.00. The molecule has 32 heavy (non-hydrogen) atoms. The molecule has 2 saturated heterocycles. The monoisotopic (exact) mass is 439 g/mol. The quantitative estimate of drug-likeness (QED) is 0.542. The molecule has 0 spiro atoms. The topological polar surface area (TPSA) is 48.0 Å². The summed E-state index contributed by atoms with van der Waals surface area (Å²) in [5.74, 6) is -0.0847. The van der Waals surface area contributed by atoms with Gasteiger partial charge < -0.3 is 19.1 Å². The van der Waals surface area contributed by atoms with Crippen LogP contribution in [0.3, 0.4) is 0 Å². The van der Waals surface area contributed by atoms with Crippen LogP contribution in [0.1, 0.15) is 56.8 Å². The Morgan fingerprint density at radius 1 is 0.875 bits per heavy atom. The molecule has 4 rings (SSSR count). The van der Waals surface area contributed by atoms with Crippen molar-refractivity contribution in [3.8, 4) is 0 Å². The summed E-state index contributed by atoms with van der Waals surface area (Å²) in [5, 5.41) is 0. The summed E-state index contributed by atoms with van der Waals surface area (Å²) in [6, 6.07) is 20.9. The number of ether oxygens (including phenoxy) is 3. The Morgan fingerprint density at radius 2 is 1.44 bits per heavy atom. The van der Waals surface area contributed by atoms with E-state index < -0.39 is 0 Å². The van der Waals surface area contributed by atoms with E-state index in [1.54, 1.807) is 0 Å². The highest BCUT2D eigenvalue weighted by Crippen LogP contribution is 2.30. The van der Waals surface area contributed by atoms with Crippen molar-refractivity contribution in [3.05, 3.63) is 71.8 Å². The first-order valence-corrected chi connectivity index (χ1v) is 11.5. The highest BCUT2D eigenvalue weighted by atomic mass is 16.6. The number of hydrogen-bond donors (Lipinski definition) is 0. The van der Waals surface area contributed by atoms with E-state index in [1.807, 2.05) is 12.1 Å². The van der Waals surface area contributed by atoms with Gasteiger partial charge in [0.1, 0.15) is 12.2 Å². The molecule has 2 fully saturated rings. The fourth-order valence-corrected chi connectivity index (χ4v) is 4.35.